The number of carbonyl (C=O) groups is 1. The highest BCUT2D eigenvalue weighted by atomic mass is 35.5. The lowest BCUT2D eigenvalue weighted by Crippen LogP contribution is -2.57. The van der Waals surface area contributed by atoms with Crippen LogP contribution < -0.4 is 10.6 Å². The van der Waals surface area contributed by atoms with Crippen molar-refractivity contribution in [1.82, 2.24) is 10.6 Å². The fraction of sp³-hybridized carbons (Fsp3) is 0.533. The lowest BCUT2D eigenvalue weighted by atomic mass is 9.90. The second-order valence-electron chi connectivity index (χ2n) is 5.46. The van der Waals surface area contributed by atoms with Gasteiger partial charge in [-0.05, 0) is 38.8 Å². The van der Waals surface area contributed by atoms with Gasteiger partial charge in [0.05, 0.1) is 11.6 Å². The van der Waals surface area contributed by atoms with Gasteiger partial charge in [0.25, 0.3) is 0 Å². The fourth-order valence-electron chi connectivity index (χ4n) is 2.49. The SMILES string of the molecule is CC1(C(=O)NCC(O)c2ccccc2Cl)CCCCN1. The van der Waals surface area contributed by atoms with Crippen LogP contribution in [-0.4, -0.2) is 29.6 Å². The lowest BCUT2D eigenvalue weighted by Gasteiger charge is -2.33. The molecular formula is C15H21ClN2O2. The maximum atomic E-state index is 12.2. The van der Waals surface area contributed by atoms with Crippen molar-refractivity contribution >= 4 is 17.5 Å². The Hall–Kier alpha value is -1.10. The molecule has 1 aliphatic rings. The molecule has 4 nitrogen and oxygen atoms in total. The lowest BCUT2D eigenvalue weighted by molar-refractivity contribution is -0.128. The van der Waals surface area contributed by atoms with Gasteiger partial charge in [0.15, 0.2) is 0 Å². The number of rotatable bonds is 4. The van der Waals surface area contributed by atoms with E-state index in [0.29, 0.717) is 10.6 Å². The van der Waals surface area contributed by atoms with Crippen molar-refractivity contribution in [3.05, 3.63) is 34.9 Å². The molecule has 1 aromatic carbocycles. The molecule has 1 amide bonds. The van der Waals surface area contributed by atoms with Crippen molar-refractivity contribution in [3.63, 3.8) is 0 Å². The molecule has 0 spiro atoms. The molecule has 0 aliphatic carbocycles. The van der Waals surface area contributed by atoms with Crippen molar-refractivity contribution in [2.24, 2.45) is 0 Å². The summed E-state index contributed by atoms with van der Waals surface area (Å²) < 4.78 is 0. The van der Waals surface area contributed by atoms with Crippen LogP contribution in [0.25, 0.3) is 0 Å². The van der Waals surface area contributed by atoms with Gasteiger partial charge in [-0.3, -0.25) is 4.79 Å². The molecule has 1 fully saturated rings. The average molecular weight is 297 g/mol. The molecule has 1 aromatic rings. The smallest absolute Gasteiger partial charge is 0.240 e. The molecule has 0 aromatic heterocycles. The van der Waals surface area contributed by atoms with E-state index < -0.39 is 11.6 Å². The highest BCUT2D eigenvalue weighted by molar-refractivity contribution is 6.31. The van der Waals surface area contributed by atoms with Crippen LogP contribution in [0.2, 0.25) is 5.02 Å². The summed E-state index contributed by atoms with van der Waals surface area (Å²) in [7, 11) is 0. The maximum Gasteiger partial charge on any atom is 0.240 e. The van der Waals surface area contributed by atoms with Crippen molar-refractivity contribution in [3.8, 4) is 0 Å². The summed E-state index contributed by atoms with van der Waals surface area (Å²) in [6, 6.07) is 7.12. The van der Waals surface area contributed by atoms with Crippen LogP contribution in [0.15, 0.2) is 24.3 Å². The highest BCUT2D eigenvalue weighted by Crippen LogP contribution is 2.23. The van der Waals surface area contributed by atoms with Crippen molar-refractivity contribution in [2.75, 3.05) is 13.1 Å². The molecule has 2 rings (SSSR count). The molecular weight excluding hydrogens is 276 g/mol. The summed E-state index contributed by atoms with van der Waals surface area (Å²) >= 11 is 6.03. The summed E-state index contributed by atoms with van der Waals surface area (Å²) in [5.74, 6) is -0.0664. The van der Waals surface area contributed by atoms with E-state index >= 15 is 0 Å². The van der Waals surface area contributed by atoms with Gasteiger partial charge >= 0.3 is 0 Å². The predicted molar refractivity (Wildman–Crippen MR) is 79.7 cm³/mol. The highest BCUT2D eigenvalue weighted by Gasteiger charge is 2.34. The summed E-state index contributed by atoms with van der Waals surface area (Å²) in [5, 5.41) is 16.7. The number of piperidine rings is 1. The largest absolute Gasteiger partial charge is 0.387 e. The first-order chi connectivity index (χ1) is 9.53. The van der Waals surface area contributed by atoms with Crippen LogP contribution in [-0.2, 0) is 4.79 Å². The number of aliphatic hydroxyl groups excluding tert-OH is 1. The predicted octanol–water partition coefficient (Wildman–Crippen LogP) is 2.02. The standard InChI is InChI=1S/C15H21ClN2O2/c1-15(8-4-5-9-18-15)14(20)17-10-13(19)11-6-2-3-7-12(11)16/h2-3,6-7,13,18-19H,4-5,8-10H2,1H3,(H,17,20). The van der Waals surface area contributed by atoms with E-state index in [2.05, 4.69) is 10.6 Å². The minimum Gasteiger partial charge on any atom is -0.387 e. The molecule has 1 aliphatic heterocycles. The molecule has 20 heavy (non-hydrogen) atoms. The minimum absolute atomic E-state index is 0.0664. The van der Waals surface area contributed by atoms with Gasteiger partial charge in [-0.15, -0.1) is 0 Å². The molecule has 0 saturated carbocycles. The van der Waals surface area contributed by atoms with Crippen molar-refractivity contribution in [1.29, 1.82) is 0 Å². The summed E-state index contributed by atoms with van der Waals surface area (Å²) in [6.07, 6.45) is 2.18. The van der Waals surface area contributed by atoms with Gasteiger partial charge in [-0.1, -0.05) is 29.8 Å². The summed E-state index contributed by atoms with van der Waals surface area (Å²) in [6.45, 7) is 2.93. The number of hydrogen-bond donors (Lipinski definition) is 3. The molecule has 2 unspecified atom stereocenters. The Labute approximate surface area is 124 Å². The van der Waals surface area contributed by atoms with E-state index in [1.807, 2.05) is 19.1 Å². The van der Waals surface area contributed by atoms with Gasteiger partial charge in [-0.25, -0.2) is 0 Å². The Morgan fingerprint density at radius 1 is 1.50 bits per heavy atom. The first-order valence-corrected chi connectivity index (χ1v) is 7.36. The maximum absolute atomic E-state index is 12.2. The Kier molecular flexibility index (Phi) is 5.02. The van der Waals surface area contributed by atoms with Crippen LogP contribution >= 0.6 is 11.6 Å². The Balaban J connectivity index is 1.91. The zero-order valence-corrected chi connectivity index (χ0v) is 12.4. The number of hydrogen-bond acceptors (Lipinski definition) is 3. The zero-order chi connectivity index (χ0) is 14.6. The Morgan fingerprint density at radius 2 is 2.25 bits per heavy atom. The van der Waals surface area contributed by atoms with E-state index in [0.717, 1.165) is 25.8 Å². The number of amides is 1. The van der Waals surface area contributed by atoms with Gasteiger partial charge in [0, 0.05) is 17.1 Å². The van der Waals surface area contributed by atoms with E-state index in [-0.39, 0.29) is 12.5 Å². The topological polar surface area (TPSA) is 61.4 Å². The Bertz CT molecular complexity index is 473. The molecule has 1 heterocycles. The number of halogens is 1. The van der Waals surface area contributed by atoms with E-state index in [1.165, 1.54) is 0 Å². The third kappa shape index (κ3) is 3.51. The monoisotopic (exact) mass is 296 g/mol. The van der Waals surface area contributed by atoms with Gasteiger partial charge < -0.3 is 15.7 Å². The van der Waals surface area contributed by atoms with Crippen LogP contribution in [0.3, 0.4) is 0 Å². The minimum atomic E-state index is -0.792. The molecule has 110 valence electrons. The van der Waals surface area contributed by atoms with Crippen molar-refractivity contribution in [2.45, 2.75) is 37.8 Å². The van der Waals surface area contributed by atoms with Gasteiger partial charge in [0.2, 0.25) is 5.91 Å². The van der Waals surface area contributed by atoms with Crippen LogP contribution in [0, 0.1) is 0 Å². The third-order valence-corrected chi connectivity index (χ3v) is 4.18. The fourth-order valence-corrected chi connectivity index (χ4v) is 2.75. The number of aliphatic hydroxyl groups is 1. The summed E-state index contributed by atoms with van der Waals surface area (Å²) in [4.78, 5) is 12.2. The summed E-state index contributed by atoms with van der Waals surface area (Å²) in [5.41, 5.74) is 0.106. The van der Waals surface area contributed by atoms with E-state index in [4.69, 9.17) is 11.6 Å². The second-order valence-corrected chi connectivity index (χ2v) is 5.87. The van der Waals surface area contributed by atoms with E-state index in [1.54, 1.807) is 12.1 Å². The van der Waals surface area contributed by atoms with E-state index in [9.17, 15) is 9.90 Å². The number of benzene rings is 1. The normalized spacial score (nSPS) is 24.1. The molecule has 2 atom stereocenters. The molecule has 5 heteroatoms. The van der Waals surface area contributed by atoms with Crippen LogP contribution in [0.1, 0.15) is 37.9 Å². The first kappa shape index (κ1) is 15.3. The molecule has 0 bridgehead atoms. The molecule has 1 saturated heterocycles. The number of carbonyl (C=O) groups excluding carboxylic acids is 1. The molecule has 3 N–H and O–H groups in total. The van der Waals surface area contributed by atoms with Crippen molar-refractivity contribution < 1.29 is 9.90 Å². The van der Waals surface area contributed by atoms with Gasteiger partial charge in [-0.2, -0.15) is 0 Å². The van der Waals surface area contributed by atoms with Gasteiger partial charge in [0.1, 0.15) is 0 Å². The average Bonchev–Trinajstić information content (AvgIpc) is 2.45. The first-order valence-electron chi connectivity index (χ1n) is 6.99. The quantitative estimate of drug-likeness (QED) is 0.797. The van der Waals surface area contributed by atoms with Crippen LogP contribution in [0.4, 0.5) is 0 Å². The third-order valence-electron chi connectivity index (χ3n) is 3.84. The Morgan fingerprint density at radius 3 is 2.90 bits per heavy atom. The van der Waals surface area contributed by atoms with Crippen LogP contribution in [0.5, 0.6) is 0 Å². The second kappa shape index (κ2) is 6.57. The number of nitrogens with one attached hydrogen (secondary N) is 2. The molecule has 0 radical (unpaired) electrons. The zero-order valence-electron chi connectivity index (χ0n) is 11.7.